The zero-order chi connectivity index (χ0) is 106. The number of aromatic nitrogens is 14. The van der Waals surface area contributed by atoms with Crippen LogP contribution in [-0.2, 0) is 72.4 Å². The molecule has 2 saturated heterocycles. The number of anilines is 1. The van der Waals surface area contributed by atoms with Gasteiger partial charge in [0.2, 0.25) is 11.8 Å². The number of methoxy groups -OCH3 is 1. The number of primary amides is 1. The number of hydrogen-bond donors (Lipinski definition) is 6. The Morgan fingerprint density at radius 2 is 0.876 bits per heavy atom. The number of thioether (sulfide) groups is 1. The fraction of sp³-hybridized carbons (Fsp3) is 0.231. The number of nitrogens with two attached hydrogens (primary N) is 3. The lowest BCUT2D eigenvalue weighted by molar-refractivity contribution is -0.119. The third kappa shape index (κ3) is 32.3. The molecule has 145 heavy (non-hydrogen) atoms. The van der Waals surface area contributed by atoms with Crippen molar-refractivity contribution in [1.29, 1.82) is 5.41 Å². The molecule has 0 radical (unpaired) electrons. The highest BCUT2D eigenvalue weighted by Gasteiger charge is 2.53. The summed E-state index contributed by atoms with van der Waals surface area (Å²) in [6.07, 6.45) is 3.37. The summed E-state index contributed by atoms with van der Waals surface area (Å²) in [5, 5.41) is 28.6. The molecule has 9 N–H and O–H groups in total. The summed E-state index contributed by atoms with van der Waals surface area (Å²) >= 11 is 24.9. The molecule has 754 valence electrons. The normalized spacial score (nSPS) is 13.1. The summed E-state index contributed by atoms with van der Waals surface area (Å²) in [4.78, 5) is 57.7. The largest absolute Gasteiger partial charge is 0.494 e. The number of carbonyl (C=O) groups is 3. The van der Waals surface area contributed by atoms with Crippen LogP contribution in [0.4, 0.5) is 5.82 Å². The van der Waals surface area contributed by atoms with Crippen molar-refractivity contribution >= 4 is 206 Å². The Morgan fingerprint density at radius 3 is 1.21 bits per heavy atom. The minimum absolute atomic E-state index is 0.141. The number of ether oxygens (including phenoxy) is 1. The number of carbonyl (C=O) groups excluding carboxylic acids is 3. The van der Waals surface area contributed by atoms with E-state index in [1.54, 1.807) is 68.6 Å². The fourth-order valence-electron chi connectivity index (χ4n) is 13.5. The first-order valence-electron chi connectivity index (χ1n) is 45.0. The van der Waals surface area contributed by atoms with E-state index in [9.17, 15) is 22.8 Å². The molecule has 16 aromatic rings. The number of aromatic amines is 1. The number of benzene rings is 10. The van der Waals surface area contributed by atoms with Gasteiger partial charge in [-0.15, -0.1) is 11.8 Å². The van der Waals surface area contributed by atoms with Gasteiger partial charge in [0.1, 0.15) is 33.8 Å². The number of H-pyrrole nitrogens is 1. The third-order valence-electron chi connectivity index (χ3n) is 22.9. The SMILES string of the molecule is CC(=O)NN.COC(=O)c1cnc(N(Cc2ccccc2)Cc2ccccc2)c2c1cc(I)n2S(=O)(=O)c1ccccc1.CSC(=N)c1cccc(Br)c1.Cc1nc(-c2cccc(B3OC(C)(C)C(C)(C)O3)c2)nn1C.Cc1nc(-c2cccc(B3OC(C)(C)C(C)(C)O3)c2)nn1C.Cc1nc(-c2cccc(Br)c2)n[nH]1.Cc1nc(-c2cccc(Br)c2)nn1C.NC(=O)c1cccc(Br)c1.NC(=S)c1cccc(Br)c1. The predicted octanol–water partition coefficient (Wildman–Crippen LogP) is 20.9. The van der Waals surface area contributed by atoms with Crippen LogP contribution in [-0.4, -0.2) is 155 Å². The second-order valence-electron chi connectivity index (χ2n) is 34.6. The van der Waals surface area contributed by atoms with Crippen molar-refractivity contribution in [3.05, 3.63) is 356 Å². The van der Waals surface area contributed by atoms with Crippen molar-refractivity contribution in [2.45, 2.75) is 130 Å². The summed E-state index contributed by atoms with van der Waals surface area (Å²) in [5.74, 6) is 10.3. The number of fused-ring (bicyclic) bond motifs is 1. The first-order valence-corrected chi connectivity index (χ1v) is 53.1. The second-order valence-corrected chi connectivity index (χ2v) is 43.4. The van der Waals surface area contributed by atoms with Crippen molar-refractivity contribution in [1.82, 2.24) is 73.9 Å². The fourth-order valence-corrected chi connectivity index (χ4v) is 18.7. The zero-order valence-electron chi connectivity index (χ0n) is 83.1. The summed E-state index contributed by atoms with van der Waals surface area (Å²) < 4.78 is 69.3. The Morgan fingerprint density at radius 1 is 0.517 bits per heavy atom. The molecular formula is C104H112B2Br5IN20O10S3. The third-order valence-corrected chi connectivity index (χ3v) is 29.1. The molecule has 0 bridgehead atoms. The summed E-state index contributed by atoms with van der Waals surface area (Å²) in [6, 6.07) is 84.1. The van der Waals surface area contributed by atoms with E-state index >= 15 is 0 Å². The van der Waals surface area contributed by atoms with Gasteiger partial charge in [0, 0.05) is 114 Å². The van der Waals surface area contributed by atoms with Crippen LogP contribution in [0.3, 0.4) is 0 Å². The molecule has 2 fully saturated rings. The van der Waals surface area contributed by atoms with Gasteiger partial charge in [0.05, 0.1) is 48.7 Å². The van der Waals surface area contributed by atoms with E-state index in [4.69, 9.17) is 52.4 Å². The Labute approximate surface area is 911 Å². The first kappa shape index (κ1) is 115. The molecule has 2 amide bonds. The Kier molecular flexibility index (Phi) is 42.0. The van der Waals surface area contributed by atoms with Gasteiger partial charge in [0.15, 0.2) is 29.1 Å². The van der Waals surface area contributed by atoms with E-state index in [0.717, 1.165) is 124 Å². The molecule has 30 nitrogen and oxygen atoms in total. The maximum Gasteiger partial charge on any atom is 0.494 e. The molecule has 0 aliphatic carbocycles. The molecule has 0 saturated carbocycles. The lowest BCUT2D eigenvalue weighted by atomic mass is 9.78. The van der Waals surface area contributed by atoms with Gasteiger partial charge < -0.3 is 39.7 Å². The van der Waals surface area contributed by atoms with Crippen LogP contribution < -0.4 is 38.6 Å². The van der Waals surface area contributed by atoms with E-state index in [-0.39, 0.29) is 53.0 Å². The van der Waals surface area contributed by atoms with Crippen molar-refractivity contribution in [3.8, 4) is 45.6 Å². The maximum absolute atomic E-state index is 14.0. The van der Waals surface area contributed by atoms with Gasteiger partial charge in [0.25, 0.3) is 10.0 Å². The van der Waals surface area contributed by atoms with Gasteiger partial charge in [-0.1, -0.05) is 274 Å². The van der Waals surface area contributed by atoms with E-state index < -0.39 is 21.9 Å². The molecule has 2 aliphatic rings. The minimum atomic E-state index is -4.01. The number of pyridine rings is 1. The topological polar surface area (TPSA) is 400 Å². The predicted molar refractivity (Wildman–Crippen MR) is 608 cm³/mol. The number of thiocarbonyl (C=S) groups is 1. The number of nitrogens with zero attached hydrogens (tertiary/aromatic N) is 14. The first-order chi connectivity index (χ1) is 68.6. The van der Waals surface area contributed by atoms with Crippen LogP contribution in [0.2, 0.25) is 0 Å². The zero-order valence-corrected chi connectivity index (χ0v) is 95.7. The molecular weight excluding hydrogens is 2330 g/mol. The average molecular weight is 2450 g/mol. The average Bonchev–Trinajstić information content (AvgIpc) is 1.58. The quantitative estimate of drug-likeness (QED) is 0.00567. The molecule has 0 atom stereocenters. The lowest BCUT2D eigenvalue weighted by Crippen LogP contribution is -2.41. The number of amides is 2. The number of halogens is 6. The van der Waals surface area contributed by atoms with E-state index in [1.807, 2.05) is 300 Å². The van der Waals surface area contributed by atoms with E-state index in [1.165, 1.54) is 36.0 Å². The van der Waals surface area contributed by atoms with Gasteiger partial charge in [-0.3, -0.25) is 39.6 Å². The van der Waals surface area contributed by atoms with Crippen molar-refractivity contribution in [3.63, 3.8) is 0 Å². The molecule has 8 heterocycles. The minimum Gasteiger partial charge on any atom is -0.465 e. The van der Waals surface area contributed by atoms with Crippen LogP contribution in [0.5, 0.6) is 0 Å². The number of hydrazine groups is 1. The molecule has 2 aliphatic heterocycles. The maximum atomic E-state index is 14.0. The highest BCUT2D eigenvalue weighted by atomic mass is 127. The highest BCUT2D eigenvalue weighted by molar-refractivity contribution is 14.1. The van der Waals surface area contributed by atoms with Crippen molar-refractivity contribution in [2.24, 2.45) is 38.5 Å². The highest BCUT2D eigenvalue weighted by Crippen LogP contribution is 2.40. The molecule has 6 aromatic heterocycles. The van der Waals surface area contributed by atoms with Crippen LogP contribution in [0.25, 0.3) is 56.5 Å². The number of aryl methyl sites for hydroxylation is 7. The number of hydrogen-bond acceptors (Lipinski definition) is 24. The smallest absolute Gasteiger partial charge is 0.465 e. The molecule has 18 rings (SSSR count). The van der Waals surface area contributed by atoms with Gasteiger partial charge in [-0.2, -0.15) is 20.4 Å². The molecule has 0 spiro atoms. The standard InChI is InChI=1S/C29H24IN3O4S.2C16H22BN3O2.C10H10BrN3.C9H8BrN3.C8H8BrNS.C7H6BrNO.C7H6BrNS.C2H6N2O/c1-37-29(34)25-18-31-28(32(19-21-11-5-2-6-12-21)20-22-13-7-3-8-14-22)27-24(25)17-26(30)33(27)38(35,36)23-15-9-4-10-16-23;2*1-11-18-14(19-20(11)6)12-8-7-9-13(10-12)17-21-15(2,3)16(4,5)22-17;1-7-12-10(13-14(7)2)8-4-3-5-9(11)6-8;1-6-11-9(13-12-6)7-3-2-4-8(10)5-7;1-11-8(10)6-3-2-4-7(9)5-6;2*8-6-3-1-2-5(4-6)7(9)10;1-2(5)4-3/h2-18H,19-20H2,1H3;2*7-10H,1-6H3;3-6H,1-2H3;2-5H,1H3,(H,11,12,13);2-5,10H,1H3;2*1-4H,(H2,9,10);3H2,1H3,(H,4,5). The molecule has 0 unspecified atom stereocenters. The van der Waals surface area contributed by atoms with E-state index in [0.29, 0.717) is 49.1 Å². The van der Waals surface area contributed by atoms with Crippen LogP contribution in [0.15, 0.2) is 300 Å². The molecule has 10 aromatic carbocycles. The summed E-state index contributed by atoms with van der Waals surface area (Å²) in [6.45, 7) is 26.4. The Hall–Kier alpha value is -11.4. The van der Waals surface area contributed by atoms with Gasteiger partial charge in [-0.05, 0) is 219 Å². The van der Waals surface area contributed by atoms with Crippen molar-refractivity contribution in [2.75, 3.05) is 18.3 Å². The van der Waals surface area contributed by atoms with Crippen LogP contribution >= 0.6 is 126 Å². The Balaban J connectivity index is 0.000000177. The monoisotopic (exact) mass is 2440 g/mol. The summed E-state index contributed by atoms with van der Waals surface area (Å²) in [5.41, 5.74) is 21.9. The van der Waals surface area contributed by atoms with Crippen LogP contribution in [0.1, 0.15) is 129 Å². The lowest BCUT2D eigenvalue weighted by Gasteiger charge is -2.32. The Bertz CT molecular complexity index is 6980. The van der Waals surface area contributed by atoms with Crippen molar-refractivity contribution < 1.29 is 46.2 Å². The van der Waals surface area contributed by atoms with E-state index in [2.05, 4.69) is 191 Å². The van der Waals surface area contributed by atoms with Gasteiger partial charge >= 0.3 is 20.2 Å². The summed E-state index contributed by atoms with van der Waals surface area (Å²) in [7, 11) is 2.23. The number of rotatable bonds is 17. The number of nitrogens with one attached hydrogen (secondary N) is 3. The van der Waals surface area contributed by atoms with Gasteiger partial charge in [-0.25, -0.2) is 47.9 Å². The second kappa shape index (κ2) is 52.8. The molecule has 41 heteroatoms. The van der Waals surface area contributed by atoms with Crippen LogP contribution in [0, 0.1) is 36.8 Å². The number of esters is 1.